The summed E-state index contributed by atoms with van der Waals surface area (Å²) in [5.41, 5.74) is 0.887. The Hall–Kier alpha value is -2.38. The summed E-state index contributed by atoms with van der Waals surface area (Å²) in [5, 5.41) is 8.04. The summed E-state index contributed by atoms with van der Waals surface area (Å²) in [6.45, 7) is -0.0833. The predicted molar refractivity (Wildman–Crippen MR) is 103 cm³/mol. The highest BCUT2D eigenvalue weighted by molar-refractivity contribution is 9.10. The maximum absolute atomic E-state index is 12.8. The number of halogens is 1. The number of amides is 1. The smallest absolute Gasteiger partial charge is 0.281 e. The predicted octanol–water partition coefficient (Wildman–Crippen LogP) is 4.86. The minimum absolute atomic E-state index is 0.0833. The van der Waals surface area contributed by atoms with Crippen molar-refractivity contribution in [3.05, 3.63) is 75.3 Å². The molecule has 0 N–H and O–H groups in total. The lowest BCUT2D eigenvalue weighted by atomic mass is 10.1. The molecule has 0 spiro atoms. The Kier molecular flexibility index (Phi) is 4.90. The minimum atomic E-state index is -0.247. The van der Waals surface area contributed by atoms with Crippen LogP contribution in [-0.2, 0) is 4.79 Å². The third-order valence-electron chi connectivity index (χ3n) is 4.02. The highest BCUT2D eigenvalue weighted by atomic mass is 79.9. The van der Waals surface area contributed by atoms with Crippen LogP contribution in [0.4, 0.5) is 0 Å². The van der Waals surface area contributed by atoms with Crippen molar-refractivity contribution in [3.8, 4) is 5.75 Å². The van der Waals surface area contributed by atoms with Crippen molar-refractivity contribution in [2.24, 2.45) is 5.10 Å². The Morgan fingerprint density at radius 3 is 2.81 bits per heavy atom. The minimum Gasteiger partial charge on any atom is -0.484 e. The van der Waals surface area contributed by atoms with Crippen LogP contribution in [0.25, 0.3) is 0 Å². The lowest BCUT2D eigenvalue weighted by molar-refractivity contribution is -0.135. The number of carbonyl (C=O) groups excluding carboxylic acids is 1. The van der Waals surface area contributed by atoms with Gasteiger partial charge in [-0.25, -0.2) is 5.01 Å². The number of nitrogens with zero attached hydrogens (tertiary/aromatic N) is 2. The van der Waals surface area contributed by atoms with Crippen LogP contribution in [-0.4, -0.2) is 23.2 Å². The summed E-state index contributed by atoms with van der Waals surface area (Å²) in [6, 6.07) is 14.8. The van der Waals surface area contributed by atoms with E-state index in [0.29, 0.717) is 12.2 Å². The molecule has 0 saturated carbocycles. The van der Waals surface area contributed by atoms with Crippen molar-refractivity contribution >= 4 is 38.9 Å². The summed E-state index contributed by atoms with van der Waals surface area (Å²) in [7, 11) is 0. The summed E-state index contributed by atoms with van der Waals surface area (Å²) >= 11 is 4.99. The number of furan rings is 1. The Morgan fingerprint density at radius 2 is 2.12 bits per heavy atom. The molecule has 1 aliphatic rings. The summed E-state index contributed by atoms with van der Waals surface area (Å²) < 4.78 is 12.1. The highest BCUT2D eigenvalue weighted by Gasteiger charge is 2.35. The molecule has 3 heterocycles. The zero-order valence-corrected chi connectivity index (χ0v) is 16.1. The van der Waals surface area contributed by atoms with Gasteiger partial charge in [0.25, 0.3) is 5.91 Å². The van der Waals surface area contributed by atoms with E-state index in [4.69, 9.17) is 9.15 Å². The molecule has 5 nitrogen and oxygen atoms in total. The van der Waals surface area contributed by atoms with Crippen molar-refractivity contribution in [3.63, 3.8) is 0 Å². The quantitative estimate of drug-likeness (QED) is 0.580. The molecule has 7 heteroatoms. The molecule has 0 unspecified atom stereocenters. The number of hydrogen-bond donors (Lipinski definition) is 0. The Labute approximate surface area is 163 Å². The Balaban J connectivity index is 1.52. The van der Waals surface area contributed by atoms with E-state index in [-0.39, 0.29) is 18.6 Å². The van der Waals surface area contributed by atoms with Crippen LogP contribution in [0.2, 0.25) is 0 Å². The van der Waals surface area contributed by atoms with Gasteiger partial charge < -0.3 is 9.15 Å². The SMILES string of the molecule is O=C(COc1ccc(Br)cc1)N1N=C(c2cccs2)C[C@@H]1c1ccco1. The normalized spacial score (nSPS) is 16.6. The Bertz CT molecular complexity index is 905. The molecule has 1 amide bonds. The number of benzene rings is 1. The standard InChI is InChI=1S/C19H15BrN2O3S/c20-13-5-7-14(8-6-13)25-12-19(23)22-16(17-3-1-9-24-17)11-15(21-22)18-4-2-10-26-18/h1-10,16H,11-12H2/t16-/m1/s1. The maximum Gasteiger partial charge on any atom is 0.281 e. The summed E-state index contributed by atoms with van der Waals surface area (Å²) in [4.78, 5) is 13.8. The zero-order chi connectivity index (χ0) is 17.9. The van der Waals surface area contributed by atoms with Crippen LogP contribution < -0.4 is 4.74 Å². The monoisotopic (exact) mass is 430 g/mol. The van der Waals surface area contributed by atoms with Gasteiger partial charge in [-0.05, 0) is 47.8 Å². The largest absolute Gasteiger partial charge is 0.484 e. The molecule has 0 fully saturated rings. The number of rotatable bonds is 5. The van der Waals surface area contributed by atoms with Crippen LogP contribution >= 0.6 is 27.3 Å². The third-order valence-corrected chi connectivity index (χ3v) is 5.47. The van der Waals surface area contributed by atoms with E-state index in [1.165, 1.54) is 5.01 Å². The summed E-state index contributed by atoms with van der Waals surface area (Å²) in [6.07, 6.45) is 2.23. The van der Waals surface area contributed by atoms with Crippen LogP contribution in [0.3, 0.4) is 0 Å². The second kappa shape index (κ2) is 7.47. The van der Waals surface area contributed by atoms with E-state index in [1.807, 2.05) is 53.9 Å². The fourth-order valence-electron chi connectivity index (χ4n) is 2.78. The summed E-state index contributed by atoms with van der Waals surface area (Å²) in [5.74, 6) is 1.15. The molecular formula is C19H15BrN2O3S. The molecule has 0 saturated heterocycles. The van der Waals surface area contributed by atoms with Gasteiger partial charge in [0.15, 0.2) is 6.61 Å². The Morgan fingerprint density at radius 1 is 1.27 bits per heavy atom. The first kappa shape index (κ1) is 17.1. The van der Waals surface area contributed by atoms with Gasteiger partial charge >= 0.3 is 0 Å². The molecular weight excluding hydrogens is 416 g/mol. The molecule has 1 aromatic carbocycles. The van der Waals surface area contributed by atoms with Crippen LogP contribution in [0.15, 0.2) is 74.2 Å². The molecule has 2 aromatic heterocycles. The highest BCUT2D eigenvalue weighted by Crippen LogP contribution is 2.34. The van der Waals surface area contributed by atoms with Gasteiger partial charge in [-0.1, -0.05) is 22.0 Å². The molecule has 1 atom stereocenters. The van der Waals surface area contributed by atoms with Gasteiger partial charge in [0, 0.05) is 10.9 Å². The average molecular weight is 431 g/mol. The molecule has 0 radical (unpaired) electrons. The van der Waals surface area contributed by atoms with Gasteiger partial charge in [0.1, 0.15) is 17.6 Å². The molecule has 3 aromatic rings. The van der Waals surface area contributed by atoms with Crippen molar-refractivity contribution in [1.29, 1.82) is 0 Å². The first-order chi connectivity index (χ1) is 12.7. The van der Waals surface area contributed by atoms with Gasteiger partial charge in [-0.15, -0.1) is 11.3 Å². The fourth-order valence-corrected chi connectivity index (χ4v) is 3.76. The number of ether oxygens (including phenoxy) is 1. The third kappa shape index (κ3) is 3.59. The van der Waals surface area contributed by atoms with Crippen molar-refractivity contribution < 1.29 is 13.9 Å². The van der Waals surface area contributed by atoms with Crippen LogP contribution in [0.5, 0.6) is 5.75 Å². The van der Waals surface area contributed by atoms with Crippen molar-refractivity contribution in [2.45, 2.75) is 12.5 Å². The fraction of sp³-hybridized carbons (Fsp3) is 0.158. The van der Waals surface area contributed by atoms with Crippen LogP contribution in [0.1, 0.15) is 23.1 Å². The molecule has 26 heavy (non-hydrogen) atoms. The first-order valence-corrected chi connectivity index (χ1v) is 9.73. The molecule has 132 valence electrons. The van der Waals surface area contributed by atoms with E-state index in [9.17, 15) is 4.79 Å². The second-order valence-electron chi connectivity index (χ2n) is 5.74. The number of hydrazone groups is 1. The van der Waals surface area contributed by atoms with Crippen molar-refractivity contribution in [1.82, 2.24) is 5.01 Å². The van der Waals surface area contributed by atoms with Gasteiger partial charge in [-0.3, -0.25) is 4.79 Å². The van der Waals surface area contributed by atoms with E-state index in [1.54, 1.807) is 17.6 Å². The van der Waals surface area contributed by atoms with Crippen LogP contribution in [0, 0.1) is 0 Å². The zero-order valence-electron chi connectivity index (χ0n) is 13.7. The van der Waals surface area contributed by atoms with Crippen molar-refractivity contribution in [2.75, 3.05) is 6.61 Å². The average Bonchev–Trinajstić information content (AvgIpc) is 3.41. The molecule has 0 bridgehead atoms. The topological polar surface area (TPSA) is 55.0 Å². The number of hydrogen-bond acceptors (Lipinski definition) is 5. The molecule has 4 rings (SSSR count). The molecule has 1 aliphatic heterocycles. The number of thiophene rings is 1. The number of carbonyl (C=O) groups is 1. The van der Waals surface area contributed by atoms with Gasteiger partial charge in [0.2, 0.25) is 0 Å². The molecule has 0 aliphatic carbocycles. The maximum atomic E-state index is 12.8. The lowest BCUT2D eigenvalue weighted by Crippen LogP contribution is -2.31. The second-order valence-corrected chi connectivity index (χ2v) is 7.60. The van der Waals surface area contributed by atoms with E-state index in [2.05, 4.69) is 21.0 Å². The lowest BCUT2D eigenvalue weighted by Gasteiger charge is -2.20. The van der Waals surface area contributed by atoms with Gasteiger partial charge in [0.05, 0.1) is 16.9 Å². The van der Waals surface area contributed by atoms with E-state index in [0.717, 1.165) is 20.8 Å². The van der Waals surface area contributed by atoms with E-state index >= 15 is 0 Å². The van der Waals surface area contributed by atoms with E-state index < -0.39 is 0 Å². The first-order valence-electron chi connectivity index (χ1n) is 8.06. The van der Waals surface area contributed by atoms with Gasteiger partial charge in [-0.2, -0.15) is 5.10 Å².